The summed E-state index contributed by atoms with van der Waals surface area (Å²) in [6, 6.07) is 14.3. The molecule has 30 heavy (non-hydrogen) atoms. The van der Waals surface area contributed by atoms with Crippen molar-refractivity contribution < 1.29 is 24.2 Å². The fourth-order valence-electron chi connectivity index (χ4n) is 2.74. The molecule has 0 unspecified atom stereocenters. The van der Waals surface area contributed by atoms with E-state index in [2.05, 4.69) is 10.6 Å². The van der Waals surface area contributed by atoms with Gasteiger partial charge in [0.05, 0.1) is 7.11 Å². The number of carboxylic acids is 1. The fourth-order valence-corrected chi connectivity index (χ4v) is 2.74. The Morgan fingerprint density at radius 1 is 1.03 bits per heavy atom. The summed E-state index contributed by atoms with van der Waals surface area (Å²) in [6.07, 6.45) is 1.77. The van der Waals surface area contributed by atoms with E-state index in [1.54, 1.807) is 48.5 Å². The van der Waals surface area contributed by atoms with Gasteiger partial charge < -0.3 is 20.5 Å². The Bertz CT molecular complexity index is 905. The molecule has 1 atom stereocenters. The second-order valence-electron chi connectivity index (χ2n) is 7.15. The molecule has 0 fully saturated rings. The summed E-state index contributed by atoms with van der Waals surface area (Å²) < 4.78 is 5.08. The SMILES string of the molecule is COc1ccc(C(=O)N/C(=C\c2ccccc2)C(=O)N[C@@H](CC(C)C)C(=O)O)cc1. The average Bonchev–Trinajstić information content (AvgIpc) is 2.73. The highest BCUT2D eigenvalue weighted by molar-refractivity contribution is 6.06. The van der Waals surface area contributed by atoms with Gasteiger partial charge in [-0.05, 0) is 48.2 Å². The maximum atomic E-state index is 12.8. The van der Waals surface area contributed by atoms with E-state index in [0.717, 1.165) is 0 Å². The van der Waals surface area contributed by atoms with Crippen LogP contribution in [0.2, 0.25) is 0 Å². The van der Waals surface area contributed by atoms with E-state index in [4.69, 9.17) is 4.74 Å². The molecule has 2 rings (SSSR count). The molecule has 0 saturated heterocycles. The Hall–Kier alpha value is -3.61. The van der Waals surface area contributed by atoms with Crippen LogP contribution in [0.3, 0.4) is 0 Å². The Morgan fingerprint density at radius 3 is 2.20 bits per heavy atom. The maximum Gasteiger partial charge on any atom is 0.326 e. The molecule has 0 spiro atoms. The van der Waals surface area contributed by atoms with Crippen LogP contribution < -0.4 is 15.4 Å². The Balaban J connectivity index is 2.27. The number of hydrogen-bond acceptors (Lipinski definition) is 4. The minimum absolute atomic E-state index is 0.0444. The van der Waals surface area contributed by atoms with Crippen LogP contribution in [0.5, 0.6) is 5.75 Å². The normalized spacial score (nSPS) is 12.2. The Labute approximate surface area is 175 Å². The first-order chi connectivity index (χ1) is 14.3. The third kappa shape index (κ3) is 6.77. The second kappa shape index (κ2) is 10.8. The van der Waals surface area contributed by atoms with Crippen molar-refractivity contribution in [1.29, 1.82) is 0 Å². The molecule has 158 valence electrons. The van der Waals surface area contributed by atoms with Crippen molar-refractivity contribution in [2.24, 2.45) is 5.92 Å². The molecule has 0 aromatic heterocycles. The zero-order valence-electron chi connectivity index (χ0n) is 17.2. The quantitative estimate of drug-likeness (QED) is 0.551. The number of amides is 2. The lowest BCUT2D eigenvalue weighted by Gasteiger charge is -2.18. The van der Waals surface area contributed by atoms with E-state index >= 15 is 0 Å². The van der Waals surface area contributed by atoms with Crippen LogP contribution in [0.25, 0.3) is 6.08 Å². The van der Waals surface area contributed by atoms with Crippen molar-refractivity contribution in [3.63, 3.8) is 0 Å². The van der Waals surface area contributed by atoms with Crippen molar-refractivity contribution in [1.82, 2.24) is 10.6 Å². The van der Waals surface area contributed by atoms with Gasteiger partial charge in [-0.2, -0.15) is 0 Å². The van der Waals surface area contributed by atoms with Crippen LogP contribution in [0.15, 0.2) is 60.3 Å². The lowest BCUT2D eigenvalue weighted by Crippen LogP contribution is -2.45. The van der Waals surface area contributed by atoms with Crippen LogP contribution in [-0.4, -0.2) is 36.0 Å². The maximum absolute atomic E-state index is 12.8. The first-order valence-corrected chi connectivity index (χ1v) is 9.56. The molecule has 7 heteroatoms. The average molecular weight is 410 g/mol. The molecule has 0 radical (unpaired) electrons. The standard InChI is InChI=1S/C23H26N2O5/c1-15(2)13-20(23(28)29)25-22(27)19(14-16-7-5-4-6-8-16)24-21(26)17-9-11-18(30-3)12-10-17/h4-12,14-15,20H,13H2,1-3H3,(H,24,26)(H,25,27)(H,28,29)/b19-14-/t20-/m0/s1. The second-order valence-corrected chi connectivity index (χ2v) is 7.15. The molecule has 0 saturated carbocycles. The number of methoxy groups -OCH3 is 1. The first kappa shape index (κ1) is 22.7. The van der Waals surface area contributed by atoms with Crippen molar-refractivity contribution in [2.75, 3.05) is 7.11 Å². The van der Waals surface area contributed by atoms with Gasteiger partial charge in [0.15, 0.2) is 0 Å². The van der Waals surface area contributed by atoms with Crippen molar-refractivity contribution in [3.8, 4) is 5.75 Å². The number of aliphatic carboxylic acids is 1. The van der Waals surface area contributed by atoms with Crippen molar-refractivity contribution >= 4 is 23.9 Å². The highest BCUT2D eigenvalue weighted by Gasteiger charge is 2.24. The summed E-state index contributed by atoms with van der Waals surface area (Å²) in [5.74, 6) is -1.62. The van der Waals surface area contributed by atoms with Crippen LogP contribution in [0.4, 0.5) is 0 Å². The first-order valence-electron chi connectivity index (χ1n) is 9.56. The lowest BCUT2D eigenvalue weighted by atomic mass is 10.0. The summed E-state index contributed by atoms with van der Waals surface area (Å²) in [4.78, 5) is 37.0. The van der Waals surface area contributed by atoms with Gasteiger partial charge >= 0.3 is 5.97 Å². The third-order valence-corrected chi connectivity index (χ3v) is 4.27. The number of carbonyl (C=O) groups excluding carboxylic acids is 2. The highest BCUT2D eigenvalue weighted by Crippen LogP contribution is 2.13. The number of benzene rings is 2. The largest absolute Gasteiger partial charge is 0.497 e. The van der Waals surface area contributed by atoms with Crippen molar-refractivity contribution in [2.45, 2.75) is 26.3 Å². The van der Waals surface area contributed by atoms with Crippen LogP contribution in [-0.2, 0) is 9.59 Å². The summed E-state index contributed by atoms with van der Waals surface area (Å²) in [7, 11) is 1.52. The molecule has 0 heterocycles. The van der Waals surface area contributed by atoms with Crippen LogP contribution >= 0.6 is 0 Å². The highest BCUT2D eigenvalue weighted by atomic mass is 16.5. The predicted octanol–water partition coefficient (Wildman–Crippen LogP) is 3.08. The number of hydrogen-bond donors (Lipinski definition) is 3. The minimum atomic E-state index is -1.13. The van der Waals surface area contributed by atoms with E-state index in [9.17, 15) is 19.5 Å². The predicted molar refractivity (Wildman–Crippen MR) is 114 cm³/mol. The summed E-state index contributed by atoms with van der Waals surface area (Å²) in [6.45, 7) is 3.74. The van der Waals surface area contributed by atoms with Gasteiger partial charge in [0.25, 0.3) is 11.8 Å². The third-order valence-electron chi connectivity index (χ3n) is 4.27. The number of carbonyl (C=O) groups is 3. The van der Waals surface area contributed by atoms with E-state index in [1.165, 1.54) is 13.2 Å². The summed E-state index contributed by atoms with van der Waals surface area (Å²) in [5.41, 5.74) is 0.977. The number of carboxylic acid groups (broad SMARTS) is 1. The van der Waals surface area contributed by atoms with Gasteiger partial charge in [-0.25, -0.2) is 4.79 Å². The van der Waals surface area contributed by atoms with Gasteiger partial charge in [0.2, 0.25) is 0 Å². The number of rotatable bonds is 9. The molecule has 3 N–H and O–H groups in total. The zero-order valence-corrected chi connectivity index (χ0v) is 17.2. The monoisotopic (exact) mass is 410 g/mol. The molecule has 0 aliphatic rings. The fraction of sp³-hybridized carbons (Fsp3) is 0.261. The molecule has 0 bridgehead atoms. The minimum Gasteiger partial charge on any atom is -0.497 e. The number of nitrogens with one attached hydrogen (secondary N) is 2. The molecule has 0 aliphatic heterocycles. The number of ether oxygens (including phenoxy) is 1. The molecular weight excluding hydrogens is 384 g/mol. The van der Waals surface area contributed by atoms with Crippen LogP contribution in [0, 0.1) is 5.92 Å². The zero-order chi connectivity index (χ0) is 22.1. The van der Waals surface area contributed by atoms with Crippen molar-refractivity contribution in [3.05, 3.63) is 71.4 Å². The molecule has 2 aromatic carbocycles. The van der Waals surface area contributed by atoms with Gasteiger partial charge in [0.1, 0.15) is 17.5 Å². The summed E-state index contributed by atoms with van der Waals surface area (Å²) >= 11 is 0. The van der Waals surface area contributed by atoms with E-state index in [-0.39, 0.29) is 18.0 Å². The smallest absolute Gasteiger partial charge is 0.326 e. The van der Waals surface area contributed by atoms with E-state index < -0.39 is 23.8 Å². The molecule has 0 aliphatic carbocycles. The van der Waals surface area contributed by atoms with Gasteiger partial charge in [-0.3, -0.25) is 9.59 Å². The summed E-state index contributed by atoms with van der Waals surface area (Å²) in [5, 5.41) is 14.5. The van der Waals surface area contributed by atoms with E-state index in [0.29, 0.717) is 16.9 Å². The molecule has 2 amide bonds. The van der Waals surface area contributed by atoms with E-state index in [1.807, 2.05) is 19.9 Å². The van der Waals surface area contributed by atoms with Crippen LogP contribution in [0.1, 0.15) is 36.2 Å². The topological polar surface area (TPSA) is 105 Å². The van der Waals surface area contributed by atoms with Gasteiger partial charge in [-0.15, -0.1) is 0 Å². The molecular formula is C23H26N2O5. The molecule has 7 nitrogen and oxygen atoms in total. The Morgan fingerprint density at radius 2 is 1.67 bits per heavy atom. The molecule has 2 aromatic rings. The van der Waals surface area contributed by atoms with Gasteiger partial charge in [-0.1, -0.05) is 44.2 Å². The lowest BCUT2D eigenvalue weighted by molar-refractivity contribution is -0.141. The Kier molecular flexibility index (Phi) is 8.17. The van der Waals surface area contributed by atoms with Gasteiger partial charge in [0, 0.05) is 5.56 Å².